The third kappa shape index (κ3) is 4.43. The highest BCUT2D eigenvalue weighted by Crippen LogP contribution is 2.31. The van der Waals surface area contributed by atoms with Crippen LogP contribution >= 0.6 is 0 Å². The number of nitrogens with one attached hydrogen (secondary N) is 1. The molecule has 0 aliphatic carbocycles. The van der Waals surface area contributed by atoms with Crippen molar-refractivity contribution in [2.24, 2.45) is 5.73 Å². The Hall–Kier alpha value is -3.40. The van der Waals surface area contributed by atoms with E-state index < -0.39 is 15.8 Å². The minimum absolute atomic E-state index is 0.0281. The maximum atomic E-state index is 13.0. The molecule has 0 bridgehead atoms. The van der Waals surface area contributed by atoms with Crippen molar-refractivity contribution in [1.82, 2.24) is 0 Å². The van der Waals surface area contributed by atoms with Crippen molar-refractivity contribution in [3.63, 3.8) is 0 Å². The number of urea groups is 1. The van der Waals surface area contributed by atoms with Gasteiger partial charge in [-0.3, -0.25) is 20.0 Å². The lowest BCUT2D eigenvalue weighted by molar-refractivity contribution is -0.136. The van der Waals surface area contributed by atoms with Crippen LogP contribution in [0.3, 0.4) is 0 Å². The standard InChI is InChI=1S/C20H22N4O5S/c1-30(28,29)17-12-14(19(21)22)5-8-16(17)24-11-10-23(20(24)27)15-6-2-13(3-7-15)4-9-18(25)26/h2-3,5-8,12H,4,9-11H2,1H3,(H3,21,22)(H,25,26). The third-order valence-corrected chi connectivity index (χ3v) is 5.97. The molecular formula is C20H22N4O5S. The second kappa shape index (κ2) is 8.15. The number of anilines is 2. The van der Waals surface area contributed by atoms with Crippen LogP contribution in [0.25, 0.3) is 0 Å². The molecule has 9 nitrogen and oxygen atoms in total. The maximum Gasteiger partial charge on any atom is 0.329 e. The summed E-state index contributed by atoms with van der Waals surface area (Å²) < 4.78 is 24.6. The zero-order chi connectivity index (χ0) is 22.1. The summed E-state index contributed by atoms with van der Waals surface area (Å²) in [5.41, 5.74) is 7.47. The first-order chi connectivity index (χ1) is 14.1. The van der Waals surface area contributed by atoms with Crippen molar-refractivity contribution < 1.29 is 23.1 Å². The van der Waals surface area contributed by atoms with Gasteiger partial charge in [-0.1, -0.05) is 12.1 Å². The topological polar surface area (TPSA) is 145 Å². The number of nitrogens with two attached hydrogens (primary N) is 1. The van der Waals surface area contributed by atoms with Gasteiger partial charge in [-0.2, -0.15) is 0 Å². The summed E-state index contributed by atoms with van der Waals surface area (Å²) in [6.07, 6.45) is 1.47. The van der Waals surface area contributed by atoms with Crippen molar-refractivity contribution in [2.75, 3.05) is 29.1 Å². The fourth-order valence-corrected chi connectivity index (χ4v) is 4.19. The molecular weight excluding hydrogens is 408 g/mol. The molecule has 10 heteroatoms. The number of benzene rings is 2. The summed E-state index contributed by atoms with van der Waals surface area (Å²) in [7, 11) is -3.66. The van der Waals surface area contributed by atoms with E-state index in [9.17, 15) is 18.0 Å². The number of carbonyl (C=O) groups excluding carboxylic acids is 1. The molecule has 4 N–H and O–H groups in total. The molecule has 0 saturated carbocycles. The van der Waals surface area contributed by atoms with E-state index in [4.69, 9.17) is 16.2 Å². The first kappa shape index (κ1) is 21.3. The van der Waals surface area contributed by atoms with Crippen molar-refractivity contribution in [3.05, 3.63) is 53.6 Å². The minimum Gasteiger partial charge on any atom is -0.481 e. The molecule has 1 heterocycles. The van der Waals surface area contributed by atoms with Crippen molar-refractivity contribution >= 4 is 39.0 Å². The molecule has 2 aromatic rings. The van der Waals surface area contributed by atoms with Crippen LogP contribution in [0.15, 0.2) is 47.4 Å². The molecule has 0 unspecified atom stereocenters. The fraction of sp³-hybridized carbons (Fsp3) is 0.250. The second-order valence-corrected chi connectivity index (χ2v) is 9.00. The molecule has 1 aliphatic heterocycles. The first-order valence-corrected chi connectivity index (χ1v) is 11.1. The Morgan fingerprint density at radius 3 is 2.33 bits per heavy atom. The normalized spacial score (nSPS) is 14.2. The number of aliphatic carboxylic acids is 1. The van der Waals surface area contributed by atoms with Gasteiger partial charge in [0.1, 0.15) is 5.84 Å². The smallest absolute Gasteiger partial charge is 0.329 e. The van der Waals surface area contributed by atoms with E-state index in [2.05, 4.69) is 0 Å². The van der Waals surface area contributed by atoms with Gasteiger partial charge in [0.2, 0.25) is 0 Å². The van der Waals surface area contributed by atoms with Gasteiger partial charge in [-0.15, -0.1) is 0 Å². The summed E-state index contributed by atoms with van der Waals surface area (Å²) >= 11 is 0. The number of nitrogen functional groups attached to an aromatic ring is 1. The van der Waals surface area contributed by atoms with Crippen LogP contribution < -0.4 is 15.5 Å². The number of amides is 2. The number of carboxylic acids is 1. The summed E-state index contributed by atoms with van der Waals surface area (Å²) in [6.45, 7) is 0.659. The lowest BCUT2D eigenvalue weighted by Gasteiger charge is -2.21. The third-order valence-electron chi connectivity index (χ3n) is 4.85. The van der Waals surface area contributed by atoms with Crippen LogP contribution in [0.2, 0.25) is 0 Å². The van der Waals surface area contributed by atoms with Crippen LogP contribution in [0.5, 0.6) is 0 Å². The van der Waals surface area contributed by atoms with Crippen molar-refractivity contribution in [2.45, 2.75) is 17.7 Å². The van der Waals surface area contributed by atoms with Gasteiger partial charge in [0.25, 0.3) is 0 Å². The highest BCUT2D eigenvalue weighted by Gasteiger charge is 2.33. The van der Waals surface area contributed by atoms with E-state index in [1.165, 1.54) is 28.0 Å². The van der Waals surface area contributed by atoms with Crippen LogP contribution in [0.4, 0.5) is 16.2 Å². The molecule has 1 saturated heterocycles. The molecule has 3 rings (SSSR count). The van der Waals surface area contributed by atoms with Crippen LogP contribution in [0, 0.1) is 5.41 Å². The monoisotopic (exact) mass is 430 g/mol. The van der Waals surface area contributed by atoms with Crippen LogP contribution in [-0.2, 0) is 21.1 Å². The summed E-state index contributed by atoms with van der Waals surface area (Å²) in [5, 5.41) is 16.3. The molecule has 0 aromatic heterocycles. The van der Waals surface area contributed by atoms with E-state index in [1.54, 1.807) is 24.3 Å². The molecule has 2 aromatic carbocycles. The van der Waals surface area contributed by atoms with E-state index in [0.29, 0.717) is 25.2 Å². The minimum atomic E-state index is -3.66. The Morgan fingerprint density at radius 1 is 1.13 bits per heavy atom. The van der Waals surface area contributed by atoms with E-state index in [-0.39, 0.29) is 34.4 Å². The maximum absolute atomic E-state index is 13.0. The van der Waals surface area contributed by atoms with Crippen LogP contribution in [-0.4, -0.2) is 50.7 Å². The average Bonchev–Trinajstić information content (AvgIpc) is 3.06. The van der Waals surface area contributed by atoms with Crippen LogP contribution in [0.1, 0.15) is 17.5 Å². The number of hydrogen-bond acceptors (Lipinski definition) is 5. The Bertz CT molecular complexity index is 1110. The van der Waals surface area contributed by atoms with Gasteiger partial charge >= 0.3 is 12.0 Å². The first-order valence-electron chi connectivity index (χ1n) is 9.16. The van der Waals surface area contributed by atoms with E-state index in [1.807, 2.05) is 0 Å². The fourth-order valence-electron chi connectivity index (χ4n) is 3.30. The number of hydrogen-bond donors (Lipinski definition) is 3. The van der Waals surface area contributed by atoms with Gasteiger partial charge < -0.3 is 10.8 Å². The van der Waals surface area contributed by atoms with Gasteiger partial charge in [-0.05, 0) is 42.3 Å². The number of nitrogens with zero attached hydrogens (tertiary/aromatic N) is 2. The molecule has 1 aliphatic rings. The zero-order valence-electron chi connectivity index (χ0n) is 16.3. The number of sulfone groups is 1. The Balaban J connectivity index is 1.87. The predicted octanol–water partition coefficient (Wildman–Crippen LogP) is 1.84. The van der Waals surface area contributed by atoms with E-state index in [0.717, 1.165) is 11.8 Å². The van der Waals surface area contributed by atoms with Crippen molar-refractivity contribution in [3.8, 4) is 0 Å². The quantitative estimate of drug-likeness (QED) is 0.451. The van der Waals surface area contributed by atoms with E-state index >= 15 is 0 Å². The number of carbonyl (C=O) groups is 2. The SMILES string of the molecule is CS(=O)(=O)c1cc(C(=N)N)ccc1N1CCN(c2ccc(CCC(=O)O)cc2)C1=O. The number of amidine groups is 1. The zero-order valence-corrected chi connectivity index (χ0v) is 17.1. The Morgan fingerprint density at radius 2 is 1.77 bits per heavy atom. The molecule has 1 fully saturated rings. The molecule has 0 atom stereocenters. The molecule has 0 spiro atoms. The Kier molecular flexibility index (Phi) is 5.79. The second-order valence-electron chi connectivity index (χ2n) is 7.01. The Labute approximate surface area is 174 Å². The van der Waals surface area contributed by atoms with Gasteiger partial charge in [0.15, 0.2) is 9.84 Å². The summed E-state index contributed by atoms with van der Waals surface area (Å²) in [4.78, 5) is 26.6. The number of rotatable bonds is 7. The lowest BCUT2D eigenvalue weighted by atomic mass is 10.1. The predicted molar refractivity (Wildman–Crippen MR) is 113 cm³/mol. The van der Waals surface area contributed by atoms with Crippen molar-refractivity contribution in [1.29, 1.82) is 5.41 Å². The summed E-state index contributed by atoms with van der Waals surface area (Å²) in [6, 6.07) is 11.0. The average molecular weight is 430 g/mol. The molecule has 2 amide bonds. The number of carboxylic acid groups (broad SMARTS) is 1. The molecule has 30 heavy (non-hydrogen) atoms. The molecule has 0 radical (unpaired) electrons. The molecule has 158 valence electrons. The van der Waals surface area contributed by atoms with Gasteiger partial charge in [-0.25, -0.2) is 13.2 Å². The summed E-state index contributed by atoms with van der Waals surface area (Å²) in [5.74, 6) is -1.13. The highest BCUT2D eigenvalue weighted by atomic mass is 32.2. The number of aryl methyl sites for hydroxylation is 1. The van der Waals surface area contributed by atoms with Gasteiger partial charge in [0, 0.05) is 37.0 Å². The highest BCUT2D eigenvalue weighted by molar-refractivity contribution is 7.90. The lowest BCUT2D eigenvalue weighted by Crippen LogP contribution is -2.32. The van der Waals surface area contributed by atoms with Gasteiger partial charge in [0.05, 0.1) is 10.6 Å². The largest absolute Gasteiger partial charge is 0.481 e.